The molecular formula is C21H26N2O5S. The zero-order valence-electron chi connectivity index (χ0n) is 16.8. The van der Waals surface area contributed by atoms with Gasteiger partial charge in [0.1, 0.15) is 10.6 Å². The number of anilines is 1. The number of rotatable bonds is 6. The van der Waals surface area contributed by atoms with E-state index in [1.807, 2.05) is 12.1 Å². The number of ether oxygens (including phenoxy) is 2. The Balaban J connectivity index is 1.85. The van der Waals surface area contributed by atoms with Crippen LogP contribution >= 0.6 is 0 Å². The van der Waals surface area contributed by atoms with Gasteiger partial charge in [-0.15, -0.1) is 0 Å². The second-order valence-electron chi connectivity index (χ2n) is 7.11. The number of sulfonamides is 1. The standard InChI is InChI=1S/C21H26N2O5S/c1-15(2)16-4-6-17(7-5-16)21(24)22-18-8-9-19(27-3)20(14-18)29(25,26)23-10-12-28-13-11-23/h4-9,14-15H,10-13H2,1-3H3,(H,22,24). The van der Waals surface area contributed by atoms with E-state index in [0.717, 1.165) is 5.56 Å². The minimum atomic E-state index is -3.77. The molecule has 0 bridgehead atoms. The van der Waals surface area contributed by atoms with Crippen LogP contribution in [0.2, 0.25) is 0 Å². The second kappa shape index (κ2) is 8.94. The molecule has 0 aliphatic carbocycles. The van der Waals surface area contributed by atoms with Crippen LogP contribution in [0.15, 0.2) is 47.4 Å². The predicted octanol–water partition coefficient (Wildman–Crippen LogP) is 3.09. The Bertz CT molecular complexity index is 965. The summed E-state index contributed by atoms with van der Waals surface area (Å²) in [4.78, 5) is 12.6. The lowest BCUT2D eigenvalue weighted by atomic mass is 10.0. The smallest absolute Gasteiger partial charge is 0.255 e. The number of amides is 1. The molecule has 0 unspecified atom stereocenters. The summed E-state index contributed by atoms with van der Waals surface area (Å²) in [6.07, 6.45) is 0. The highest BCUT2D eigenvalue weighted by molar-refractivity contribution is 7.89. The first-order chi connectivity index (χ1) is 13.8. The zero-order chi connectivity index (χ0) is 21.0. The highest BCUT2D eigenvalue weighted by Gasteiger charge is 2.29. The van der Waals surface area contributed by atoms with Gasteiger partial charge in [0.15, 0.2) is 0 Å². The zero-order valence-corrected chi connectivity index (χ0v) is 17.7. The Morgan fingerprint density at radius 3 is 2.34 bits per heavy atom. The van der Waals surface area contributed by atoms with Gasteiger partial charge in [0.05, 0.1) is 20.3 Å². The van der Waals surface area contributed by atoms with Gasteiger partial charge < -0.3 is 14.8 Å². The van der Waals surface area contributed by atoms with E-state index in [0.29, 0.717) is 30.4 Å². The summed E-state index contributed by atoms with van der Waals surface area (Å²) in [6, 6.07) is 12.0. The van der Waals surface area contributed by atoms with Gasteiger partial charge in [-0.05, 0) is 41.8 Å². The summed E-state index contributed by atoms with van der Waals surface area (Å²) in [5, 5.41) is 2.77. The highest BCUT2D eigenvalue weighted by atomic mass is 32.2. The maximum absolute atomic E-state index is 13.1. The van der Waals surface area contributed by atoms with Crippen LogP contribution < -0.4 is 10.1 Å². The van der Waals surface area contributed by atoms with Gasteiger partial charge in [-0.3, -0.25) is 4.79 Å². The van der Waals surface area contributed by atoms with Crippen molar-refractivity contribution in [3.05, 3.63) is 53.6 Å². The van der Waals surface area contributed by atoms with Crippen molar-refractivity contribution in [3.8, 4) is 5.75 Å². The maximum Gasteiger partial charge on any atom is 0.255 e. The molecule has 2 aromatic carbocycles. The summed E-state index contributed by atoms with van der Waals surface area (Å²) in [6.45, 7) is 5.44. The molecule has 8 heteroatoms. The average molecular weight is 419 g/mol. The number of carbonyl (C=O) groups excluding carboxylic acids is 1. The van der Waals surface area contributed by atoms with Crippen LogP contribution in [0.5, 0.6) is 5.75 Å². The fourth-order valence-electron chi connectivity index (χ4n) is 3.10. The lowest BCUT2D eigenvalue weighted by Crippen LogP contribution is -2.40. The van der Waals surface area contributed by atoms with Crippen LogP contribution in [0.25, 0.3) is 0 Å². The Hall–Kier alpha value is -2.42. The topological polar surface area (TPSA) is 84.9 Å². The third-order valence-electron chi connectivity index (χ3n) is 4.85. The van der Waals surface area contributed by atoms with Gasteiger partial charge in [0.2, 0.25) is 10.0 Å². The van der Waals surface area contributed by atoms with Gasteiger partial charge in [-0.1, -0.05) is 26.0 Å². The Labute approximate surface area is 171 Å². The number of carbonyl (C=O) groups is 1. The summed E-state index contributed by atoms with van der Waals surface area (Å²) in [5.41, 5.74) is 2.03. The number of benzene rings is 2. The molecule has 1 saturated heterocycles. The first kappa shape index (κ1) is 21.3. The molecule has 0 atom stereocenters. The molecule has 2 aromatic rings. The number of nitrogens with zero attached hydrogens (tertiary/aromatic N) is 1. The molecule has 1 N–H and O–H groups in total. The fraction of sp³-hybridized carbons (Fsp3) is 0.381. The van der Waals surface area contributed by atoms with Crippen molar-refractivity contribution < 1.29 is 22.7 Å². The van der Waals surface area contributed by atoms with Crippen LogP contribution in [-0.4, -0.2) is 52.0 Å². The predicted molar refractivity (Wildman–Crippen MR) is 111 cm³/mol. The van der Waals surface area contributed by atoms with Crippen molar-refractivity contribution in [3.63, 3.8) is 0 Å². The van der Waals surface area contributed by atoms with Gasteiger partial charge in [0, 0.05) is 24.3 Å². The van der Waals surface area contributed by atoms with Crippen LogP contribution in [0.3, 0.4) is 0 Å². The molecule has 7 nitrogen and oxygen atoms in total. The summed E-state index contributed by atoms with van der Waals surface area (Å²) in [7, 11) is -2.35. The third kappa shape index (κ3) is 4.77. The van der Waals surface area contributed by atoms with Crippen molar-refractivity contribution >= 4 is 21.6 Å². The molecule has 0 spiro atoms. The van der Waals surface area contributed by atoms with E-state index < -0.39 is 10.0 Å². The minimum Gasteiger partial charge on any atom is -0.495 e. The first-order valence-corrected chi connectivity index (χ1v) is 10.9. The molecule has 1 aliphatic heterocycles. The lowest BCUT2D eigenvalue weighted by Gasteiger charge is -2.26. The molecule has 3 rings (SSSR count). The normalized spacial score (nSPS) is 15.3. The highest BCUT2D eigenvalue weighted by Crippen LogP contribution is 2.30. The van der Waals surface area contributed by atoms with E-state index in [1.165, 1.54) is 17.5 Å². The van der Waals surface area contributed by atoms with E-state index in [-0.39, 0.29) is 29.6 Å². The van der Waals surface area contributed by atoms with Crippen molar-refractivity contribution in [1.29, 1.82) is 0 Å². The van der Waals surface area contributed by atoms with Gasteiger partial charge >= 0.3 is 0 Å². The number of morpholine rings is 1. The Morgan fingerprint density at radius 1 is 1.10 bits per heavy atom. The quantitative estimate of drug-likeness (QED) is 0.779. The van der Waals surface area contributed by atoms with Crippen LogP contribution in [0.1, 0.15) is 35.7 Å². The largest absolute Gasteiger partial charge is 0.495 e. The number of methoxy groups -OCH3 is 1. The van der Waals surface area contributed by atoms with Gasteiger partial charge in [-0.2, -0.15) is 4.31 Å². The number of hydrogen-bond acceptors (Lipinski definition) is 5. The average Bonchev–Trinajstić information content (AvgIpc) is 2.74. The van der Waals surface area contributed by atoms with Crippen LogP contribution in [0.4, 0.5) is 5.69 Å². The van der Waals surface area contributed by atoms with Crippen molar-refractivity contribution in [2.24, 2.45) is 0 Å². The van der Waals surface area contributed by atoms with E-state index in [4.69, 9.17) is 9.47 Å². The summed E-state index contributed by atoms with van der Waals surface area (Å²) >= 11 is 0. The molecule has 0 saturated carbocycles. The van der Waals surface area contributed by atoms with Crippen LogP contribution in [0, 0.1) is 0 Å². The van der Waals surface area contributed by atoms with Crippen molar-refractivity contribution in [2.75, 3.05) is 38.7 Å². The molecule has 1 aliphatic rings. The Kier molecular flexibility index (Phi) is 6.56. The molecular weight excluding hydrogens is 392 g/mol. The first-order valence-electron chi connectivity index (χ1n) is 9.50. The summed E-state index contributed by atoms with van der Waals surface area (Å²) < 4.78 is 38.0. The van der Waals surface area contributed by atoms with E-state index in [9.17, 15) is 13.2 Å². The van der Waals surface area contributed by atoms with Crippen LogP contribution in [-0.2, 0) is 14.8 Å². The summed E-state index contributed by atoms with van der Waals surface area (Å²) in [5.74, 6) is 0.303. The fourth-order valence-corrected chi connectivity index (χ4v) is 4.69. The van der Waals surface area contributed by atoms with Crippen molar-refractivity contribution in [2.45, 2.75) is 24.7 Å². The molecule has 0 aromatic heterocycles. The van der Waals surface area contributed by atoms with Crippen molar-refractivity contribution in [1.82, 2.24) is 4.31 Å². The van der Waals surface area contributed by atoms with E-state index in [2.05, 4.69) is 19.2 Å². The third-order valence-corrected chi connectivity index (χ3v) is 6.77. The number of hydrogen-bond donors (Lipinski definition) is 1. The maximum atomic E-state index is 13.1. The van der Waals surface area contributed by atoms with E-state index >= 15 is 0 Å². The van der Waals surface area contributed by atoms with E-state index in [1.54, 1.807) is 24.3 Å². The monoisotopic (exact) mass is 418 g/mol. The lowest BCUT2D eigenvalue weighted by molar-refractivity contribution is 0.0729. The number of nitrogens with one attached hydrogen (secondary N) is 1. The Morgan fingerprint density at radius 2 is 1.76 bits per heavy atom. The van der Waals surface area contributed by atoms with Gasteiger partial charge in [0.25, 0.3) is 5.91 Å². The minimum absolute atomic E-state index is 0.0230. The van der Waals surface area contributed by atoms with Gasteiger partial charge in [-0.25, -0.2) is 8.42 Å². The molecule has 29 heavy (non-hydrogen) atoms. The molecule has 1 amide bonds. The molecule has 1 fully saturated rings. The SMILES string of the molecule is COc1ccc(NC(=O)c2ccc(C(C)C)cc2)cc1S(=O)(=O)N1CCOCC1. The molecule has 1 heterocycles. The molecule has 156 valence electrons. The molecule has 0 radical (unpaired) electrons. The second-order valence-corrected chi connectivity index (χ2v) is 9.02.